The van der Waals surface area contributed by atoms with Crippen LogP contribution in [0.2, 0.25) is 0 Å². The summed E-state index contributed by atoms with van der Waals surface area (Å²) in [5.74, 6) is -1.74. The van der Waals surface area contributed by atoms with Crippen LogP contribution in [0.25, 0.3) is 0 Å². The largest absolute Gasteiger partial charge is 0.461 e. The Morgan fingerprint density at radius 3 is 2.29 bits per heavy atom. The quantitative estimate of drug-likeness (QED) is 0.274. The Morgan fingerprint density at radius 2 is 1.81 bits per heavy atom. The summed E-state index contributed by atoms with van der Waals surface area (Å²) < 4.78 is 67.0. The van der Waals surface area contributed by atoms with Crippen LogP contribution in [-0.2, 0) is 33.9 Å². The van der Waals surface area contributed by atoms with Gasteiger partial charge in [0.1, 0.15) is 13.2 Å². The Balaban J connectivity index is 3.85. The van der Waals surface area contributed by atoms with Gasteiger partial charge in [-0.15, -0.1) is 0 Å². The molecule has 0 radical (unpaired) electrons. The standard InChI is InChI=1S/C10H14F2O8S/c1-7(2)9(14)20-5-8(13)19-4-3-18-6-10(11,12)21(15,16)17/h1,3-6H2,2H3,(H,15,16,17). The summed E-state index contributed by atoms with van der Waals surface area (Å²) in [7, 11) is -5.56. The minimum atomic E-state index is -5.56. The Bertz CT molecular complexity index is 499. The maximum atomic E-state index is 12.7. The number of hydrogen-bond acceptors (Lipinski definition) is 7. The van der Waals surface area contributed by atoms with Gasteiger partial charge in [0.15, 0.2) is 6.61 Å². The van der Waals surface area contributed by atoms with Gasteiger partial charge in [-0.25, -0.2) is 9.59 Å². The van der Waals surface area contributed by atoms with Crippen LogP contribution in [0.1, 0.15) is 6.92 Å². The van der Waals surface area contributed by atoms with E-state index in [2.05, 4.69) is 20.8 Å². The molecule has 0 saturated heterocycles. The first-order chi connectivity index (χ1) is 9.47. The lowest BCUT2D eigenvalue weighted by Crippen LogP contribution is -2.34. The van der Waals surface area contributed by atoms with Crippen molar-refractivity contribution >= 4 is 22.1 Å². The highest BCUT2D eigenvalue weighted by atomic mass is 32.2. The van der Waals surface area contributed by atoms with Crippen LogP contribution in [0.4, 0.5) is 8.78 Å². The number of ether oxygens (including phenoxy) is 3. The minimum Gasteiger partial charge on any atom is -0.461 e. The molecule has 0 aromatic heterocycles. The second-order valence-electron chi connectivity index (χ2n) is 3.74. The summed E-state index contributed by atoms with van der Waals surface area (Å²) in [6.07, 6.45) is 0. The van der Waals surface area contributed by atoms with Gasteiger partial charge in [-0.3, -0.25) is 4.55 Å². The summed E-state index contributed by atoms with van der Waals surface area (Å²) in [6, 6.07) is 0. The van der Waals surface area contributed by atoms with Crippen molar-refractivity contribution in [2.24, 2.45) is 0 Å². The van der Waals surface area contributed by atoms with Crippen molar-refractivity contribution < 1.29 is 45.6 Å². The van der Waals surface area contributed by atoms with Gasteiger partial charge in [0, 0.05) is 5.57 Å². The highest BCUT2D eigenvalue weighted by Crippen LogP contribution is 2.20. The first-order valence-corrected chi connectivity index (χ1v) is 6.82. The number of rotatable bonds is 9. The number of halogens is 2. The molecule has 0 bridgehead atoms. The number of esters is 2. The van der Waals surface area contributed by atoms with E-state index >= 15 is 0 Å². The van der Waals surface area contributed by atoms with Crippen molar-refractivity contribution in [3.63, 3.8) is 0 Å². The van der Waals surface area contributed by atoms with Crippen molar-refractivity contribution in [3.8, 4) is 0 Å². The molecule has 0 amide bonds. The van der Waals surface area contributed by atoms with Crippen molar-refractivity contribution in [2.45, 2.75) is 12.2 Å². The molecular weight excluding hydrogens is 318 g/mol. The third-order valence-electron chi connectivity index (χ3n) is 1.81. The van der Waals surface area contributed by atoms with Crippen LogP contribution in [0.5, 0.6) is 0 Å². The number of carbonyl (C=O) groups is 2. The molecule has 0 aliphatic rings. The van der Waals surface area contributed by atoms with E-state index in [4.69, 9.17) is 4.55 Å². The van der Waals surface area contributed by atoms with Crippen molar-refractivity contribution in [3.05, 3.63) is 12.2 Å². The highest BCUT2D eigenvalue weighted by Gasteiger charge is 2.44. The van der Waals surface area contributed by atoms with Crippen LogP contribution < -0.4 is 0 Å². The van der Waals surface area contributed by atoms with Gasteiger partial charge < -0.3 is 14.2 Å². The minimum absolute atomic E-state index is 0.0820. The maximum absolute atomic E-state index is 12.7. The third kappa shape index (κ3) is 7.68. The van der Waals surface area contributed by atoms with Crippen LogP contribution in [0.3, 0.4) is 0 Å². The molecule has 0 aromatic carbocycles. The molecule has 0 aliphatic heterocycles. The molecule has 0 aromatic rings. The predicted octanol–water partition coefficient (Wildman–Crippen LogP) is 0.146. The Hall–Kier alpha value is -1.59. The maximum Gasteiger partial charge on any atom is 0.392 e. The molecule has 11 heteroatoms. The molecule has 0 unspecified atom stereocenters. The lowest BCUT2D eigenvalue weighted by Gasteiger charge is -2.13. The molecule has 8 nitrogen and oxygen atoms in total. The van der Waals surface area contributed by atoms with Crippen LogP contribution in [-0.4, -0.2) is 56.6 Å². The molecule has 0 spiro atoms. The molecule has 1 N–H and O–H groups in total. The summed E-state index contributed by atoms with van der Waals surface area (Å²) in [6.45, 7) is 1.37. The Kier molecular flexibility index (Phi) is 7.39. The van der Waals surface area contributed by atoms with Crippen LogP contribution >= 0.6 is 0 Å². The van der Waals surface area contributed by atoms with E-state index in [0.29, 0.717) is 0 Å². The zero-order chi connectivity index (χ0) is 16.7. The molecule has 21 heavy (non-hydrogen) atoms. The van der Waals surface area contributed by atoms with Crippen molar-refractivity contribution in [1.82, 2.24) is 0 Å². The van der Waals surface area contributed by atoms with Crippen molar-refractivity contribution in [1.29, 1.82) is 0 Å². The van der Waals surface area contributed by atoms with Gasteiger partial charge >= 0.3 is 27.3 Å². The van der Waals surface area contributed by atoms with Gasteiger partial charge in [0.05, 0.1) is 6.61 Å². The predicted molar refractivity (Wildman–Crippen MR) is 64.0 cm³/mol. The Labute approximate surface area is 119 Å². The first-order valence-electron chi connectivity index (χ1n) is 5.38. The van der Waals surface area contributed by atoms with Gasteiger partial charge in [0.2, 0.25) is 0 Å². The highest BCUT2D eigenvalue weighted by molar-refractivity contribution is 7.86. The van der Waals surface area contributed by atoms with Gasteiger partial charge in [-0.1, -0.05) is 6.58 Å². The van der Waals surface area contributed by atoms with E-state index in [1.165, 1.54) is 6.92 Å². The van der Waals surface area contributed by atoms with E-state index in [1.807, 2.05) is 0 Å². The van der Waals surface area contributed by atoms with E-state index in [1.54, 1.807) is 0 Å². The molecular formula is C10H14F2O8S. The molecule has 0 saturated carbocycles. The molecule has 0 rings (SSSR count). The van der Waals surface area contributed by atoms with E-state index < -0.39 is 53.7 Å². The normalized spacial score (nSPS) is 11.8. The SMILES string of the molecule is C=C(C)C(=O)OCC(=O)OCCOCC(F)(F)S(=O)(=O)O. The van der Waals surface area contributed by atoms with E-state index in [0.717, 1.165) is 0 Å². The lowest BCUT2D eigenvalue weighted by molar-refractivity contribution is -0.158. The smallest absolute Gasteiger partial charge is 0.392 e. The van der Waals surface area contributed by atoms with E-state index in [-0.39, 0.29) is 5.57 Å². The van der Waals surface area contributed by atoms with Gasteiger partial charge in [-0.05, 0) is 6.92 Å². The van der Waals surface area contributed by atoms with Crippen molar-refractivity contribution in [2.75, 3.05) is 26.4 Å². The monoisotopic (exact) mass is 332 g/mol. The fourth-order valence-corrected chi connectivity index (χ4v) is 1.00. The first kappa shape index (κ1) is 19.4. The third-order valence-corrected chi connectivity index (χ3v) is 2.68. The second-order valence-corrected chi connectivity index (χ2v) is 5.29. The summed E-state index contributed by atoms with van der Waals surface area (Å²) >= 11 is 0. The van der Waals surface area contributed by atoms with Gasteiger partial charge in [-0.2, -0.15) is 17.2 Å². The molecule has 0 fully saturated rings. The zero-order valence-corrected chi connectivity index (χ0v) is 11.8. The van der Waals surface area contributed by atoms with Crippen LogP contribution in [0.15, 0.2) is 12.2 Å². The zero-order valence-electron chi connectivity index (χ0n) is 11.0. The summed E-state index contributed by atoms with van der Waals surface area (Å²) in [4.78, 5) is 21.9. The number of hydrogen-bond donors (Lipinski definition) is 1. The summed E-state index contributed by atoms with van der Waals surface area (Å²) in [5.41, 5.74) is 0.0820. The van der Waals surface area contributed by atoms with Crippen LogP contribution in [0, 0.1) is 0 Å². The fraction of sp³-hybridized carbons (Fsp3) is 0.600. The summed E-state index contributed by atoms with van der Waals surface area (Å²) in [5, 5.41) is -4.45. The molecule has 122 valence electrons. The Morgan fingerprint density at radius 1 is 1.24 bits per heavy atom. The second kappa shape index (κ2) is 8.00. The average Bonchev–Trinajstić information content (AvgIpc) is 2.33. The topological polar surface area (TPSA) is 116 Å². The molecule has 0 atom stereocenters. The fourth-order valence-electron chi connectivity index (χ4n) is 0.769. The average molecular weight is 332 g/mol. The lowest BCUT2D eigenvalue weighted by atomic mass is 10.4. The molecule has 0 aliphatic carbocycles. The number of alkyl halides is 2. The van der Waals surface area contributed by atoms with E-state index in [9.17, 15) is 26.8 Å². The number of carbonyl (C=O) groups excluding carboxylic acids is 2. The van der Waals surface area contributed by atoms with Gasteiger partial charge in [0.25, 0.3) is 0 Å². The molecule has 0 heterocycles.